The van der Waals surface area contributed by atoms with Gasteiger partial charge >= 0.3 is 6.09 Å². The van der Waals surface area contributed by atoms with Crippen LogP contribution in [0.3, 0.4) is 0 Å². The van der Waals surface area contributed by atoms with Crippen LogP contribution in [-0.4, -0.2) is 27.7 Å². The minimum absolute atomic E-state index is 0.246. The second-order valence-electron chi connectivity index (χ2n) is 7.45. The maximum atomic E-state index is 12.6. The molecule has 1 aromatic rings. The van der Waals surface area contributed by atoms with Crippen molar-refractivity contribution in [1.82, 2.24) is 4.90 Å². The predicted octanol–water partition coefficient (Wildman–Crippen LogP) is 3.89. The van der Waals surface area contributed by atoms with Gasteiger partial charge in [0.1, 0.15) is 5.60 Å². The van der Waals surface area contributed by atoms with Crippen LogP contribution in [0.15, 0.2) is 24.3 Å². The van der Waals surface area contributed by atoms with Crippen LogP contribution in [0.4, 0.5) is 4.79 Å². The van der Waals surface area contributed by atoms with Crippen LogP contribution >= 0.6 is 0 Å². The summed E-state index contributed by atoms with van der Waals surface area (Å²) in [5.41, 5.74) is 1.37. The fraction of sp³-hybridized carbons (Fsp3) is 0.611. The Balaban J connectivity index is 2.31. The molecule has 1 aromatic carbocycles. The zero-order chi connectivity index (χ0) is 16.5. The van der Waals surface area contributed by atoms with Crippen molar-refractivity contribution in [2.45, 2.75) is 65.3 Å². The fourth-order valence-corrected chi connectivity index (χ4v) is 2.90. The van der Waals surface area contributed by atoms with E-state index in [1.807, 2.05) is 45.0 Å². The van der Waals surface area contributed by atoms with Gasteiger partial charge in [0.2, 0.25) is 0 Å². The summed E-state index contributed by atoms with van der Waals surface area (Å²) in [7, 11) is 0. The molecule has 0 aromatic heterocycles. The van der Waals surface area contributed by atoms with E-state index in [1.165, 1.54) is 0 Å². The molecule has 0 bridgehead atoms. The fourth-order valence-electron chi connectivity index (χ4n) is 2.90. The van der Waals surface area contributed by atoms with E-state index in [2.05, 4.69) is 13.8 Å². The first-order chi connectivity index (χ1) is 10.2. The van der Waals surface area contributed by atoms with E-state index in [0.29, 0.717) is 12.5 Å². The van der Waals surface area contributed by atoms with Crippen molar-refractivity contribution in [3.05, 3.63) is 35.4 Å². The molecule has 2 atom stereocenters. The second kappa shape index (κ2) is 6.29. The molecule has 122 valence electrons. The number of hydrogen-bond acceptors (Lipinski definition) is 3. The average molecular weight is 305 g/mol. The highest BCUT2D eigenvalue weighted by Crippen LogP contribution is 2.35. The lowest BCUT2D eigenvalue weighted by molar-refractivity contribution is -0.0208. The third-order valence-electron chi connectivity index (χ3n) is 3.82. The minimum atomic E-state index is -0.667. The summed E-state index contributed by atoms with van der Waals surface area (Å²) in [6.07, 6.45) is -0.277. The molecule has 0 fully saturated rings. The number of ether oxygens (including phenoxy) is 1. The molecule has 1 N–H and O–H groups in total. The molecule has 0 saturated heterocycles. The van der Waals surface area contributed by atoms with Gasteiger partial charge < -0.3 is 9.84 Å². The molecule has 0 radical (unpaired) electrons. The van der Waals surface area contributed by atoms with Gasteiger partial charge in [-0.2, -0.15) is 0 Å². The molecule has 1 heterocycles. The third kappa shape index (κ3) is 3.80. The van der Waals surface area contributed by atoms with Crippen LogP contribution in [0, 0.1) is 5.92 Å². The number of fused-ring (bicyclic) bond motifs is 1. The van der Waals surface area contributed by atoms with Crippen molar-refractivity contribution < 1.29 is 14.6 Å². The summed E-state index contributed by atoms with van der Waals surface area (Å²) < 4.78 is 5.53. The van der Waals surface area contributed by atoms with Crippen molar-refractivity contribution in [2.24, 2.45) is 5.92 Å². The average Bonchev–Trinajstić information content (AvgIpc) is 2.39. The van der Waals surface area contributed by atoms with Crippen LogP contribution in [0.1, 0.15) is 58.3 Å². The Bertz CT molecular complexity index is 533. The second-order valence-corrected chi connectivity index (χ2v) is 7.45. The van der Waals surface area contributed by atoms with E-state index in [1.54, 1.807) is 4.90 Å². The first-order valence-electron chi connectivity index (χ1n) is 7.94. The lowest BCUT2D eigenvalue weighted by Gasteiger charge is -2.41. The summed E-state index contributed by atoms with van der Waals surface area (Å²) in [5, 5.41) is 10.7. The summed E-state index contributed by atoms with van der Waals surface area (Å²) in [6, 6.07) is 7.52. The standard InChI is InChI=1S/C18H27NO3/c1-12(2)10-15-16(20)14-9-7-6-8-13(14)11-19(15)17(21)22-18(3,4)5/h6-9,12,15-16,20H,10-11H2,1-5H3/t15-,16-/m1/s1. The highest BCUT2D eigenvalue weighted by Gasteiger charge is 2.38. The Morgan fingerprint density at radius 3 is 2.59 bits per heavy atom. The van der Waals surface area contributed by atoms with Gasteiger partial charge in [-0.3, -0.25) is 4.90 Å². The van der Waals surface area contributed by atoms with Crippen LogP contribution in [0.25, 0.3) is 0 Å². The van der Waals surface area contributed by atoms with Gasteiger partial charge in [-0.05, 0) is 44.2 Å². The van der Waals surface area contributed by atoms with Crippen molar-refractivity contribution in [3.63, 3.8) is 0 Å². The molecule has 4 nitrogen and oxygen atoms in total. The van der Waals surface area contributed by atoms with E-state index >= 15 is 0 Å². The molecular formula is C18H27NO3. The molecule has 0 unspecified atom stereocenters. The van der Waals surface area contributed by atoms with E-state index in [-0.39, 0.29) is 12.1 Å². The Kier molecular flexibility index (Phi) is 4.81. The lowest BCUT2D eigenvalue weighted by atomic mass is 9.87. The summed E-state index contributed by atoms with van der Waals surface area (Å²) in [6.45, 7) is 10.3. The smallest absolute Gasteiger partial charge is 0.410 e. The Morgan fingerprint density at radius 2 is 2.00 bits per heavy atom. The maximum absolute atomic E-state index is 12.6. The Labute approximate surface area is 133 Å². The zero-order valence-corrected chi connectivity index (χ0v) is 14.2. The number of carbonyl (C=O) groups is 1. The van der Waals surface area contributed by atoms with E-state index in [0.717, 1.165) is 17.5 Å². The topological polar surface area (TPSA) is 49.8 Å². The number of benzene rings is 1. The van der Waals surface area contributed by atoms with Gasteiger partial charge in [-0.25, -0.2) is 4.79 Å². The van der Waals surface area contributed by atoms with Gasteiger partial charge in [-0.1, -0.05) is 38.1 Å². The number of nitrogens with zero attached hydrogens (tertiary/aromatic N) is 1. The zero-order valence-electron chi connectivity index (χ0n) is 14.2. The van der Waals surface area contributed by atoms with Crippen LogP contribution < -0.4 is 0 Å². The molecule has 0 saturated carbocycles. The highest BCUT2D eigenvalue weighted by atomic mass is 16.6. The van der Waals surface area contributed by atoms with Gasteiger partial charge in [-0.15, -0.1) is 0 Å². The molecule has 2 rings (SSSR count). The third-order valence-corrected chi connectivity index (χ3v) is 3.82. The van der Waals surface area contributed by atoms with Gasteiger partial charge in [0, 0.05) is 6.54 Å². The van der Waals surface area contributed by atoms with E-state index in [4.69, 9.17) is 4.74 Å². The van der Waals surface area contributed by atoms with Crippen molar-refractivity contribution >= 4 is 6.09 Å². The Morgan fingerprint density at radius 1 is 1.36 bits per heavy atom. The number of hydrogen-bond donors (Lipinski definition) is 1. The minimum Gasteiger partial charge on any atom is -0.444 e. The van der Waals surface area contributed by atoms with Gasteiger partial charge in [0.25, 0.3) is 0 Å². The maximum Gasteiger partial charge on any atom is 0.410 e. The molecule has 1 amide bonds. The van der Waals surface area contributed by atoms with Gasteiger partial charge in [0.15, 0.2) is 0 Å². The molecule has 1 aliphatic rings. The Hall–Kier alpha value is -1.55. The summed E-state index contributed by atoms with van der Waals surface area (Å²) in [4.78, 5) is 14.2. The van der Waals surface area contributed by atoms with Gasteiger partial charge in [0.05, 0.1) is 12.1 Å². The largest absolute Gasteiger partial charge is 0.444 e. The van der Waals surface area contributed by atoms with Crippen molar-refractivity contribution in [2.75, 3.05) is 0 Å². The molecule has 1 aliphatic heterocycles. The predicted molar refractivity (Wildman–Crippen MR) is 86.4 cm³/mol. The lowest BCUT2D eigenvalue weighted by Crippen LogP contribution is -2.49. The number of aliphatic hydroxyl groups excluding tert-OH is 1. The van der Waals surface area contributed by atoms with Crippen LogP contribution in [0.2, 0.25) is 0 Å². The summed E-state index contributed by atoms with van der Waals surface area (Å²) in [5.74, 6) is 0.384. The van der Waals surface area contributed by atoms with Crippen LogP contribution in [0.5, 0.6) is 0 Å². The molecular weight excluding hydrogens is 278 g/mol. The SMILES string of the molecule is CC(C)C[C@@H]1[C@H](O)c2ccccc2CN1C(=O)OC(C)(C)C. The quantitative estimate of drug-likeness (QED) is 0.902. The van der Waals surface area contributed by atoms with Crippen molar-refractivity contribution in [3.8, 4) is 0 Å². The van der Waals surface area contributed by atoms with E-state index < -0.39 is 11.7 Å². The molecule has 4 heteroatoms. The highest BCUT2D eigenvalue weighted by molar-refractivity contribution is 5.69. The normalized spacial score (nSPS) is 21.7. The first kappa shape index (κ1) is 16.8. The number of carbonyl (C=O) groups excluding carboxylic acids is 1. The van der Waals surface area contributed by atoms with Crippen molar-refractivity contribution in [1.29, 1.82) is 0 Å². The first-order valence-corrected chi connectivity index (χ1v) is 7.94. The number of amides is 1. The number of aliphatic hydroxyl groups is 1. The summed E-state index contributed by atoms with van der Waals surface area (Å²) >= 11 is 0. The number of rotatable bonds is 2. The molecule has 22 heavy (non-hydrogen) atoms. The van der Waals surface area contributed by atoms with Crippen LogP contribution in [-0.2, 0) is 11.3 Å². The molecule has 0 aliphatic carbocycles. The molecule has 0 spiro atoms. The van der Waals surface area contributed by atoms with E-state index in [9.17, 15) is 9.90 Å². The monoisotopic (exact) mass is 305 g/mol.